The average Bonchev–Trinajstić information content (AvgIpc) is 2.57. The molecule has 0 aromatic heterocycles. The molecule has 0 atom stereocenters. The molecule has 0 saturated carbocycles. The number of sulfonamides is 2. The Morgan fingerprint density at radius 3 is 2.04 bits per heavy atom. The van der Waals surface area contributed by atoms with Gasteiger partial charge in [-0.1, -0.05) is 18.2 Å². The molecule has 1 saturated heterocycles. The standard InChI is InChI=1S/C20H26N2O4S2/c1-14-8-7-9-15(2)19(14)21-28(25,26)20-16(3)12-18(13-17(20)4)22-10-5-6-11-27(22,23)24/h7-9,12-13,21H,5-6,10-11H2,1-4H3. The van der Waals surface area contributed by atoms with E-state index < -0.39 is 20.0 Å². The van der Waals surface area contributed by atoms with Crippen molar-refractivity contribution in [3.63, 3.8) is 0 Å². The summed E-state index contributed by atoms with van der Waals surface area (Å²) in [6, 6.07) is 8.89. The molecule has 1 N–H and O–H groups in total. The molecule has 0 spiro atoms. The van der Waals surface area contributed by atoms with Crippen molar-refractivity contribution in [1.82, 2.24) is 0 Å². The lowest BCUT2D eigenvalue weighted by atomic mass is 10.1. The van der Waals surface area contributed by atoms with Crippen LogP contribution in [0.25, 0.3) is 0 Å². The minimum Gasteiger partial charge on any atom is -0.279 e. The van der Waals surface area contributed by atoms with Crippen LogP contribution >= 0.6 is 0 Å². The molecule has 0 unspecified atom stereocenters. The van der Waals surface area contributed by atoms with Crippen molar-refractivity contribution in [3.8, 4) is 0 Å². The molecule has 1 fully saturated rings. The first-order chi connectivity index (χ1) is 13.0. The zero-order chi connectivity index (χ0) is 20.7. The second kappa shape index (κ2) is 7.40. The Morgan fingerprint density at radius 1 is 0.929 bits per heavy atom. The highest BCUT2D eigenvalue weighted by molar-refractivity contribution is 7.93. The van der Waals surface area contributed by atoms with Crippen molar-refractivity contribution in [2.75, 3.05) is 21.3 Å². The third-order valence-electron chi connectivity index (χ3n) is 5.07. The molecule has 1 aliphatic heterocycles. The second-order valence-electron chi connectivity index (χ2n) is 7.38. The van der Waals surface area contributed by atoms with E-state index in [2.05, 4.69) is 4.72 Å². The van der Waals surface area contributed by atoms with E-state index in [1.54, 1.807) is 26.0 Å². The molecule has 0 bridgehead atoms. The van der Waals surface area contributed by atoms with Gasteiger partial charge in [-0.05, 0) is 74.9 Å². The molecule has 2 aromatic carbocycles. The highest BCUT2D eigenvalue weighted by Crippen LogP contribution is 2.32. The number of benzene rings is 2. The van der Waals surface area contributed by atoms with Gasteiger partial charge in [0.1, 0.15) is 0 Å². The third-order valence-corrected chi connectivity index (χ3v) is 8.59. The van der Waals surface area contributed by atoms with Crippen LogP contribution in [-0.4, -0.2) is 29.1 Å². The van der Waals surface area contributed by atoms with Gasteiger partial charge in [-0.25, -0.2) is 16.8 Å². The summed E-state index contributed by atoms with van der Waals surface area (Å²) in [4.78, 5) is 0.188. The van der Waals surface area contributed by atoms with E-state index in [1.165, 1.54) is 4.31 Å². The van der Waals surface area contributed by atoms with Gasteiger partial charge in [0.05, 0.1) is 22.0 Å². The summed E-state index contributed by atoms with van der Waals surface area (Å²) >= 11 is 0. The van der Waals surface area contributed by atoms with Gasteiger partial charge in [-0.2, -0.15) is 0 Å². The van der Waals surface area contributed by atoms with Crippen molar-refractivity contribution < 1.29 is 16.8 Å². The van der Waals surface area contributed by atoms with Crippen molar-refractivity contribution in [3.05, 3.63) is 52.6 Å². The number of aryl methyl sites for hydroxylation is 4. The summed E-state index contributed by atoms with van der Waals surface area (Å²) in [6.45, 7) is 7.54. The van der Waals surface area contributed by atoms with Gasteiger partial charge in [-0.3, -0.25) is 9.03 Å². The Morgan fingerprint density at radius 2 is 1.50 bits per heavy atom. The average molecular weight is 423 g/mol. The van der Waals surface area contributed by atoms with Gasteiger partial charge >= 0.3 is 0 Å². The quantitative estimate of drug-likeness (QED) is 0.815. The first kappa shape index (κ1) is 20.7. The van der Waals surface area contributed by atoms with Crippen LogP contribution in [0, 0.1) is 27.7 Å². The maximum Gasteiger partial charge on any atom is 0.262 e. The van der Waals surface area contributed by atoms with Crippen molar-refractivity contribution in [2.45, 2.75) is 45.4 Å². The predicted octanol–water partition coefficient (Wildman–Crippen LogP) is 3.65. The SMILES string of the molecule is Cc1cccc(C)c1NS(=O)(=O)c1c(C)cc(N2CCCCS2(=O)=O)cc1C. The van der Waals surface area contributed by atoms with Crippen molar-refractivity contribution in [2.24, 2.45) is 0 Å². The summed E-state index contributed by atoms with van der Waals surface area (Å²) in [6.07, 6.45) is 1.45. The number of anilines is 2. The summed E-state index contributed by atoms with van der Waals surface area (Å²) in [5, 5.41) is 0. The van der Waals surface area contributed by atoms with E-state index in [1.807, 2.05) is 32.0 Å². The summed E-state index contributed by atoms with van der Waals surface area (Å²) < 4.78 is 55.1. The predicted molar refractivity (Wildman–Crippen MR) is 113 cm³/mol. The van der Waals surface area contributed by atoms with Gasteiger partial charge in [0, 0.05) is 6.54 Å². The number of nitrogens with one attached hydrogen (secondary N) is 1. The van der Waals surface area contributed by atoms with Crippen LogP contribution in [0.2, 0.25) is 0 Å². The number of nitrogens with zero attached hydrogens (tertiary/aromatic N) is 1. The van der Waals surface area contributed by atoms with E-state index >= 15 is 0 Å². The lowest BCUT2D eigenvalue weighted by Gasteiger charge is -2.29. The fourth-order valence-electron chi connectivity index (χ4n) is 3.73. The third kappa shape index (κ3) is 3.89. The Kier molecular flexibility index (Phi) is 5.46. The largest absolute Gasteiger partial charge is 0.279 e. The monoisotopic (exact) mass is 422 g/mol. The highest BCUT2D eigenvalue weighted by atomic mass is 32.2. The van der Waals surface area contributed by atoms with Crippen LogP contribution in [0.15, 0.2) is 35.2 Å². The van der Waals surface area contributed by atoms with E-state index in [9.17, 15) is 16.8 Å². The minimum atomic E-state index is -3.81. The van der Waals surface area contributed by atoms with E-state index in [0.29, 0.717) is 35.5 Å². The van der Waals surface area contributed by atoms with E-state index in [0.717, 1.165) is 17.5 Å². The molecule has 0 aliphatic carbocycles. The maximum atomic E-state index is 13.1. The molecule has 152 valence electrons. The van der Waals surface area contributed by atoms with Crippen LogP contribution in [0.1, 0.15) is 35.1 Å². The zero-order valence-electron chi connectivity index (χ0n) is 16.6. The first-order valence-electron chi connectivity index (χ1n) is 9.23. The molecule has 0 radical (unpaired) electrons. The van der Waals surface area contributed by atoms with Crippen molar-refractivity contribution in [1.29, 1.82) is 0 Å². The maximum absolute atomic E-state index is 13.1. The Balaban J connectivity index is 2.03. The lowest BCUT2D eigenvalue weighted by Crippen LogP contribution is -2.38. The normalized spacial score (nSPS) is 16.8. The summed E-state index contributed by atoms with van der Waals surface area (Å²) in [5.74, 6) is 0.124. The topological polar surface area (TPSA) is 83.6 Å². The molecular formula is C20H26N2O4S2. The molecule has 2 aromatic rings. The number of rotatable bonds is 4. The van der Waals surface area contributed by atoms with Crippen molar-refractivity contribution >= 4 is 31.4 Å². The van der Waals surface area contributed by atoms with Gasteiger partial charge in [0.2, 0.25) is 10.0 Å². The van der Waals surface area contributed by atoms with Gasteiger partial charge in [0.15, 0.2) is 0 Å². The number of hydrogen-bond donors (Lipinski definition) is 1. The van der Waals surface area contributed by atoms with Gasteiger partial charge in [0.25, 0.3) is 10.0 Å². The Labute approximate surface area is 167 Å². The minimum absolute atomic E-state index is 0.124. The van der Waals surface area contributed by atoms with Crippen LogP contribution in [0.4, 0.5) is 11.4 Å². The molecule has 28 heavy (non-hydrogen) atoms. The second-order valence-corrected chi connectivity index (χ2v) is 11.0. The lowest BCUT2D eigenvalue weighted by molar-refractivity contribution is 0.574. The number of para-hydroxylation sites is 1. The Bertz CT molecular complexity index is 1080. The molecule has 8 heteroatoms. The van der Waals surface area contributed by atoms with Crippen LogP contribution in [-0.2, 0) is 20.0 Å². The van der Waals surface area contributed by atoms with Crippen LogP contribution in [0.3, 0.4) is 0 Å². The highest BCUT2D eigenvalue weighted by Gasteiger charge is 2.28. The fraction of sp³-hybridized carbons (Fsp3) is 0.400. The number of hydrogen-bond acceptors (Lipinski definition) is 4. The fourth-order valence-corrected chi connectivity index (χ4v) is 7.02. The smallest absolute Gasteiger partial charge is 0.262 e. The van der Waals surface area contributed by atoms with E-state index in [-0.39, 0.29) is 10.6 Å². The zero-order valence-corrected chi connectivity index (χ0v) is 18.2. The van der Waals surface area contributed by atoms with Gasteiger partial charge < -0.3 is 0 Å². The molecule has 1 aliphatic rings. The molecular weight excluding hydrogens is 396 g/mol. The molecule has 6 nitrogen and oxygen atoms in total. The first-order valence-corrected chi connectivity index (χ1v) is 12.3. The molecule has 0 amide bonds. The van der Waals surface area contributed by atoms with Crippen LogP contribution in [0.5, 0.6) is 0 Å². The van der Waals surface area contributed by atoms with E-state index in [4.69, 9.17) is 0 Å². The Hall–Kier alpha value is -2.06. The molecule has 3 rings (SSSR count). The summed E-state index contributed by atoms with van der Waals surface area (Å²) in [5.41, 5.74) is 3.83. The summed E-state index contributed by atoms with van der Waals surface area (Å²) in [7, 11) is -7.16. The van der Waals surface area contributed by atoms with Gasteiger partial charge in [-0.15, -0.1) is 0 Å². The van der Waals surface area contributed by atoms with Crippen LogP contribution < -0.4 is 9.03 Å². The molecule has 1 heterocycles.